The summed E-state index contributed by atoms with van der Waals surface area (Å²) in [6.07, 6.45) is 11.0. The predicted octanol–water partition coefficient (Wildman–Crippen LogP) is 7.83. The molecule has 3 N–H and O–H groups in total. The van der Waals surface area contributed by atoms with Gasteiger partial charge in [-0.15, -0.1) is 0 Å². The molecule has 0 saturated carbocycles. The minimum Gasteiger partial charge on any atom is -0.338 e. The van der Waals surface area contributed by atoms with Crippen LogP contribution in [0, 0.1) is 13.8 Å². The second-order valence-electron chi connectivity index (χ2n) is 12.4. The maximum atomic E-state index is 4.86. The number of fused-ring (bicyclic) bond motifs is 2. The van der Waals surface area contributed by atoms with Gasteiger partial charge in [0.05, 0.1) is 5.52 Å². The average molecular weight is 624 g/mol. The average Bonchev–Trinajstić information content (AvgIpc) is 3.60. The van der Waals surface area contributed by atoms with E-state index < -0.39 is 0 Å². The van der Waals surface area contributed by atoms with Crippen LogP contribution in [0.3, 0.4) is 0 Å². The number of benzene rings is 2. The van der Waals surface area contributed by atoms with Crippen LogP contribution in [0.1, 0.15) is 48.4 Å². The fourth-order valence-electron chi connectivity index (χ4n) is 6.45. The van der Waals surface area contributed by atoms with Gasteiger partial charge in [-0.3, -0.25) is 14.9 Å². The second kappa shape index (κ2) is 13.8. The van der Waals surface area contributed by atoms with E-state index in [0.717, 1.165) is 93.0 Å². The SMILES string of the molecule is CCCNCc1cnc2c(Nc3cccc(-c4cccc(Nc5nccc6cc(CN7CCCC7)cnc56)c4C)c3C)ncnc2c1. The Morgan fingerprint density at radius 1 is 0.723 bits per heavy atom. The van der Waals surface area contributed by atoms with Crippen LogP contribution in [-0.4, -0.2) is 49.5 Å². The third-order valence-corrected chi connectivity index (χ3v) is 9.01. The van der Waals surface area contributed by atoms with Gasteiger partial charge in [-0.05, 0) is 116 Å². The molecule has 9 nitrogen and oxygen atoms in total. The van der Waals surface area contributed by atoms with E-state index in [-0.39, 0.29) is 0 Å². The summed E-state index contributed by atoms with van der Waals surface area (Å²) in [6.45, 7) is 11.5. The molecule has 5 heterocycles. The quantitative estimate of drug-likeness (QED) is 0.125. The Bertz CT molecular complexity index is 2030. The first-order chi connectivity index (χ1) is 23.1. The number of rotatable bonds is 11. The fraction of sp³-hybridized carbons (Fsp3) is 0.289. The maximum Gasteiger partial charge on any atom is 0.160 e. The van der Waals surface area contributed by atoms with E-state index >= 15 is 0 Å². The van der Waals surface area contributed by atoms with Crippen LogP contribution in [0.4, 0.5) is 23.0 Å². The summed E-state index contributed by atoms with van der Waals surface area (Å²) in [5.74, 6) is 1.45. The zero-order chi connectivity index (χ0) is 32.2. The molecule has 2 aromatic carbocycles. The normalized spacial score (nSPS) is 13.4. The summed E-state index contributed by atoms with van der Waals surface area (Å²) >= 11 is 0. The molecule has 0 bridgehead atoms. The lowest BCUT2D eigenvalue weighted by Crippen LogP contribution is -2.18. The highest BCUT2D eigenvalue weighted by atomic mass is 15.1. The molecule has 0 aliphatic carbocycles. The first-order valence-electron chi connectivity index (χ1n) is 16.6. The molecule has 47 heavy (non-hydrogen) atoms. The second-order valence-corrected chi connectivity index (χ2v) is 12.4. The van der Waals surface area contributed by atoms with Crippen LogP contribution in [0.25, 0.3) is 33.1 Å². The van der Waals surface area contributed by atoms with Crippen molar-refractivity contribution in [2.24, 2.45) is 0 Å². The zero-order valence-corrected chi connectivity index (χ0v) is 27.3. The van der Waals surface area contributed by atoms with Gasteiger partial charge in [0.1, 0.15) is 17.4 Å². The smallest absolute Gasteiger partial charge is 0.160 e. The Balaban J connectivity index is 1.14. The molecule has 7 rings (SSSR count). The molecular formula is C38H41N9. The lowest BCUT2D eigenvalue weighted by molar-refractivity contribution is 0.331. The largest absolute Gasteiger partial charge is 0.338 e. The van der Waals surface area contributed by atoms with E-state index in [4.69, 9.17) is 15.0 Å². The monoisotopic (exact) mass is 623 g/mol. The summed E-state index contributed by atoms with van der Waals surface area (Å²) in [5.41, 5.74) is 11.3. The first-order valence-corrected chi connectivity index (χ1v) is 16.6. The van der Waals surface area contributed by atoms with Crippen molar-refractivity contribution >= 4 is 44.9 Å². The van der Waals surface area contributed by atoms with Gasteiger partial charge >= 0.3 is 0 Å². The van der Waals surface area contributed by atoms with Gasteiger partial charge in [-0.25, -0.2) is 15.0 Å². The molecule has 0 amide bonds. The van der Waals surface area contributed by atoms with Crippen molar-refractivity contribution in [3.63, 3.8) is 0 Å². The summed E-state index contributed by atoms with van der Waals surface area (Å²) in [7, 11) is 0. The summed E-state index contributed by atoms with van der Waals surface area (Å²) in [4.78, 5) is 25.8. The van der Waals surface area contributed by atoms with Gasteiger partial charge in [-0.2, -0.15) is 0 Å². The first kappa shape index (κ1) is 30.7. The van der Waals surface area contributed by atoms with Crippen molar-refractivity contribution in [1.29, 1.82) is 0 Å². The van der Waals surface area contributed by atoms with E-state index in [9.17, 15) is 0 Å². The lowest BCUT2D eigenvalue weighted by Gasteiger charge is -2.18. The highest BCUT2D eigenvalue weighted by Gasteiger charge is 2.16. The van der Waals surface area contributed by atoms with Crippen LogP contribution in [0.15, 0.2) is 79.5 Å². The van der Waals surface area contributed by atoms with Crippen molar-refractivity contribution in [3.8, 4) is 11.1 Å². The number of nitrogens with zero attached hydrogens (tertiary/aromatic N) is 6. The predicted molar refractivity (Wildman–Crippen MR) is 191 cm³/mol. The fourth-order valence-corrected chi connectivity index (χ4v) is 6.45. The Morgan fingerprint density at radius 2 is 1.40 bits per heavy atom. The highest BCUT2D eigenvalue weighted by molar-refractivity contribution is 5.92. The van der Waals surface area contributed by atoms with Gasteiger partial charge in [0.25, 0.3) is 0 Å². The van der Waals surface area contributed by atoms with E-state index in [2.05, 4.69) is 100 Å². The standard InChI is InChI=1S/C38H41N9/c1-4-14-39-20-27-19-34-36(42-21-27)38(44-24-43-34)46-33-12-8-10-31(26(33)3)30-9-7-11-32(25(30)2)45-37-35-29(13-15-40-37)18-28(22-41-35)23-47-16-5-6-17-47/h7-13,15,18-19,21-22,24,39H,4-6,14,16-17,20,23H2,1-3H3,(H,40,45)(H,43,44,46). The minimum absolute atomic E-state index is 0.688. The van der Waals surface area contributed by atoms with Crippen molar-refractivity contribution in [3.05, 3.63) is 102 Å². The topological polar surface area (TPSA) is 104 Å². The third kappa shape index (κ3) is 6.63. The molecule has 0 atom stereocenters. The van der Waals surface area contributed by atoms with E-state index in [1.165, 1.54) is 31.5 Å². The molecule has 1 aliphatic heterocycles. The number of anilines is 4. The van der Waals surface area contributed by atoms with Gasteiger partial charge in [0, 0.05) is 48.4 Å². The lowest BCUT2D eigenvalue weighted by atomic mass is 9.94. The summed E-state index contributed by atoms with van der Waals surface area (Å²) < 4.78 is 0. The van der Waals surface area contributed by atoms with Gasteiger partial charge in [0.2, 0.25) is 0 Å². The van der Waals surface area contributed by atoms with Gasteiger partial charge in [-0.1, -0.05) is 31.2 Å². The number of nitrogens with one attached hydrogen (secondary N) is 3. The van der Waals surface area contributed by atoms with Crippen molar-refractivity contribution in [1.82, 2.24) is 35.1 Å². The number of hydrogen-bond donors (Lipinski definition) is 3. The number of hydrogen-bond acceptors (Lipinski definition) is 9. The molecule has 4 aromatic heterocycles. The minimum atomic E-state index is 0.688. The Labute approximate surface area is 275 Å². The Kier molecular flexibility index (Phi) is 8.99. The molecule has 1 fully saturated rings. The molecule has 0 spiro atoms. The van der Waals surface area contributed by atoms with Crippen LogP contribution in [0.5, 0.6) is 0 Å². The van der Waals surface area contributed by atoms with Crippen LogP contribution in [-0.2, 0) is 13.1 Å². The zero-order valence-electron chi connectivity index (χ0n) is 27.3. The van der Waals surface area contributed by atoms with E-state index in [0.29, 0.717) is 5.82 Å². The number of likely N-dealkylation sites (tertiary alicyclic amines) is 1. The van der Waals surface area contributed by atoms with Crippen molar-refractivity contribution < 1.29 is 0 Å². The van der Waals surface area contributed by atoms with Crippen molar-refractivity contribution in [2.45, 2.75) is 53.1 Å². The Morgan fingerprint density at radius 3 is 2.13 bits per heavy atom. The number of pyridine rings is 3. The molecule has 1 saturated heterocycles. The highest BCUT2D eigenvalue weighted by Crippen LogP contribution is 2.36. The van der Waals surface area contributed by atoms with Gasteiger partial charge < -0.3 is 16.0 Å². The molecular weight excluding hydrogens is 582 g/mol. The van der Waals surface area contributed by atoms with E-state index in [1.807, 2.05) is 24.7 Å². The molecule has 0 unspecified atom stereocenters. The molecule has 238 valence electrons. The van der Waals surface area contributed by atoms with Crippen molar-refractivity contribution in [2.75, 3.05) is 30.3 Å². The summed E-state index contributed by atoms with van der Waals surface area (Å²) in [5, 5.41) is 11.7. The number of aromatic nitrogens is 5. The molecule has 1 aliphatic rings. The van der Waals surface area contributed by atoms with Crippen LogP contribution >= 0.6 is 0 Å². The molecule has 0 radical (unpaired) electrons. The summed E-state index contributed by atoms with van der Waals surface area (Å²) in [6, 6.07) is 19.1. The van der Waals surface area contributed by atoms with Gasteiger partial charge in [0.15, 0.2) is 11.6 Å². The third-order valence-electron chi connectivity index (χ3n) is 9.01. The van der Waals surface area contributed by atoms with Crippen LogP contribution < -0.4 is 16.0 Å². The van der Waals surface area contributed by atoms with E-state index in [1.54, 1.807) is 6.33 Å². The maximum absolute atomic E-state index is 4.86. The molecule has 6 aromatic rings. The molecule has 9 heteroatoms. The Hall–Kier alpha value is -4.99. The van der Waals surface area contributed by atoms with Crippen LogP contribution in [0.2, 0.25) is 0 Å².